The summed E-state index contributed by atoms with van der Waals surface area (Å²) in [5, 5.41) is 5.47. The average Bonchev–Trinajstić information content (AvgIpc) is 3.10. The largest absolute Gasteiger partial charge is 0.493 e. The number of aromatic nitrogens is 4. The number of H-pyrrole nitrogens is 1. The molecule has 180 valence electrons. The maximum absolute atomic E-state index is 13.0. The number of benzene rings is 1. The molecule has 8 nitrogen and oxygen atoms in total. The maximum Gasteiger partial charge on any atom is 0.277 e. The molecule has 3 rings (SSSR count). The summed E-state index contributed by atoms with van der Waals surface area (Å²) in [6.07, 6.45) is 3.71. The van der Waals surface area contributed by atoms with Crippen LogP contribution in [0.4, 0.5) is 5.69 Å². The number of halogens is 1. The summed E-state index contributed by atoms with van der Waals surface area (Å²) in [4.78, 5) is 27.5. The molecule has 0 aliphatic carbocycles. The highest BCUT2D eigenvalue weighted by atomic mass is 127. The van der Waals surface area contributed by atoms with Gasteiger partial charge in [0.25, 0.3) is 5.56 Å². The molecule has 1 N–H and O–H groups in total. The zero-order valence-corrected chi connectivity index (χ0v) is 23.3. The molecule has 0 aliphatic heterocycles. The SMILES string of the molecule is CCCc1nn(C)c2c(=O)[nH]c(-c3cc(N(CC)C(=NCC)SC)ccc3OCC)nc12.I. The fraction of sp³-hybridized carbons (Fsp3) is 0.478. The number of hydrogen-bond donors (Lipinski definition) is 1. The van der Waals surface area contributed by atoms with Crippen LogP contribution in [0.5, 0.6) is 5.75 Å². The van der Waals surface area contributed by atoms with Crippen LogP contribution in [-0.2, 0) is 13.5 Å². The summed E-state index contributed by atoms with van der Waals surface area (Å²) < 4.78 is 7.50. The van der Waals surface area contributed by atoms with Gasteiger partial charge in [-0.2, -0.15) is 5.10 Å². The Morgan fingerprint density at radius 1 is 1.27 bits per heavy atom. The Morgan fingerprint density at radius 3 is 2.64 bits per heavy atom. The summed E-state index contributed by atoms with van der Waals surface area (Å²) in [6, 6.07) is 5.96. The summed E-state index contributed by atoms with van der Waals surface area (Å²) >= 11 is 1.61. The Labute approximate surface area is 216 Å². The molecule has 3 aromatic rings. The van der Waals surface area contributed by atoms with Gasteiger partial charge in [0.15, 0.2) is 10.7 Å². The summed E-state index contributed by atoms with van der Waals surface area (Å²) in [7, 11) is 1.78. The molecule has 0 saturated carbocycles. The first-order valence-electron chi connectivity index (χ1n) is 11.1. The molecule has 0 bridgehead atoms. The van der Waals surface area contributed by atoms with Crippen LogP contribution in [0.1, 0.15) is 39.8 Å². The highest BCUT2D eigenvalue weighted by Gasteiger charge is 2.19. The third kappa shape index (κ3) is 5.71. The third-order valence-electron chi connectivity index (χ3n) is 5.10. The van der Waals surface area contributed by atoms with Crippen LogP contribution in [0.25, 0.3) is 22.4 Å². The molecular formula is C23H33IN6O2S. The second-order valence-corrected chi connectivity index (χ2v) is 8.02. The fourth-order valence-corrected chi connectivity index (χ4v) is 4.47. The average molecular weight is 585 g/mol. The van der Waals surface area contributed by atoms with Crippen molar-refractivity contribution in [2.24, 2.45) is 12.0 Å². The minimum atomic E-state index is -0.208. The van der Waals surface area contributed by atoms with Crippen molar-refractivity contribution in [1.29, 1.82) is 0 Å². The Bertz CT molecular complexity index is 1170. The van der Waals surface area contributed by atoms with Crippen molar-refractivity contribution in [2.75, 3.05) is 30.9 Å². The van der Waals surface area contributed by atoms with Gasteiger partial charge in [-0.05, 0) is 51.6 Å². The van der Waals surface area contributed by atoms with Crippen LogP contribution in [0.2, 0.25) is 0 Å². The number of anilines is 1. The van der Waals surface area contributed by atoms with Gasteiger partial charge in [0.1, 0.15) is 17.1 Å². The number of aromatic amines is 1. The molecule has 1 aromatic carbocycles. The summed E-state index contributed by atoms with van der Waals surface area (Å²) in [5.74, 6) is 1.15. The van der Waals surface area contributed by atoms with E-state index in [1.807, 2.05) is 38.3 Å². The van der Waals surface area contributed by atoms with Crippen LogP contribution in [0, 0.1) is 0 Å². The van der Waals surface area contributed by atoms with E-state index in [1.54, 1.807) is 23.5 Å². The number of aryl methyl sites for hydroxylation is 2. The number of hydrogen-bond acceptors (Lipinski definition) is 6. The van der Waals surface area contributed by atoms with Crippen molar-refractivity contribution in [3.63, 3.8) is 0 Å². The van der Waals surface area contributed by atoms with E-state index in [0.29, 0.717) is 35.8 Å². The zero-order chi connectivity index (χ0) is 23.3. The van der Waals surface area contributed by atoms with Crippen molar-refractivity contribution in [3.8, 4) is 17.1 Å². The normalized spacial score (nSPS) is 11.5. The second-order valence-electron chi connectivity index (χ2n) is 7.25. The number of nitrogens with zero attached hydrogens (tertiary/aromatic N) is 5. The number of nitrogens with one attached hydrogen (secondary N) is 1. The lowest BCUT2D eigenvalue weighted by atomic mass is 10.1. The molecule has 0 fully saturated rings. The van der Waals surface area contributed by atoms with Crippen LogP contribution in [-0.4, -0.2) is 50.9 Å². The zero-order valence-electron chi connectivity index (χ0n) is 20.1. The van der Waals surface area contributed by atoms with Crippen molar-refractivity contribution in [2.45, 2.75) is 40.5 Å². The lowest BCUT2D eigenvalue weighted by Crippen LogP contribution is -2.28. The summed E-state index contributed by atoms with van der Waals surface area (Å²) in [6.45, 7) is 10.1. The number of aliphatic imine (C=N–C) groups is 1. The molecule has 2 aromatic heterocycles. The van der Waals surface area contributed by atoms with E-state index in [-0.39, 0.29) is 29.5 Å². The smallest absolute Gasteiger partial charge is 0.277 e. The number of fused-ring (bicyclic) bond motifs is 1. The Kier molecular flexibility index (Phi) is 10.2. The Morgan fingerprint density at radius 2 is 2.03 bits per heavy atom. The monoisotopic (exact) mass is 584 g/mol. The predicted octanol–water partition coefficient (Wildman–Crippen LogP) is 4.86. The lowest BCUT2D eigenvalue weighted by Gasteiger charge is -2.24. The molecule has 0 spiro atoms. The van der Waals surface area contributed by atoms with E-state index < -0.39 is 0 Å². The first kappa shape index (κ1) is 27.2. The van der Waals surface area contributed by atoms with Crippen LogP contribution in [0.15, 0.2) is 28.0 Å². The number of amidine groups is 1. The van der Waals surface area contributed by atoms with Crippen LogP contribution in [0.3, 0.4) is 0 Å². The molecule has 0 atom stereocenters. The minimum Gasteiger partial charge on any atom is -0.493 e. The highest BCUT2D eigenvalue weighted by molar-refractivity contribution is 14.0. The van der Waals surface area contributed by atoms with E-state index >= 15 is 0 Å². The molecular weight excluding hydrogens is 551 g/mol. The van der Waals surface area contributed by atoms with E-state index in [1.165, 1.54) is 0 Å². The Hall–Kier alpha value is -2.08. The quantitative estimate of drug-likeness (QED) is 0.231. The number of ether oxygens (including phenoxy) is 1. The van der Waals surface area contributed by atoms with Crippen molar-refractivity contribution < 1.29 is 4.74 Å². The van der Waals surface area contributed by atoms with Crippen molar-refractivity contribution in [3.05, 3.63) is 34.2 Å². The van der Waals surface area contributed by atoms with Crippen LogP contribution >= 0.6 is 35.7 Å². The predicted molar refractivity (Wildman–Crippen MR) is 150 cm³/mol. The van der Waals surface area contributed by atoms with Gasteiger partial charge in [-0.1, -0.05) is 25.1 Å². The number of rotatable bonds is 8. The van der Waals surface area contributed by atoms with Crippen molar-refractivity contribution in [1.82, 2.24) is 19.7 Å². The molecule has 0 amide bonds. The van der Waals surface area contributed by atoms with Gasteiger partial charge < -0.3 is 14.6 Å². The first-order valence-corrected chi connectivity index (χ1v) is 12.3. The van der Waals surface area contributed by atoms with Gasteiger partial charge in [-0.3, -0.25) is 14.5 Å². The van der Waals surface area contributed by atoms with E-state index in [4.69, 9.17) is 9.72 Å². The molecule has 10 heteroatoms. The second kappa shape index (κ2) is 12.4. The fourth-order valence-electron chi connectivity index (χ4n) is 3.76. The lowest BCUT2D eigenvalue weighted by molar-refractivity contribution is 0.341. The molecule has 2 heterocycles. The van der Waals surface area contributed by atoms with Gasteiger partial charge in [-0.15, -0.1) is 24.0 Å². The van der Waals surface area contributed by atoms with Gasteiger partial charge in [0, 0.05) is 25.8 Å². The maximum atomic E-state index is 13.0. The Balaban J connectivity index is 0.00000385. The van der Waals surface area contributed by atoms with Crippen LogP contribution < -0.4 is 15.2 Å². The van der Waals surface area contributed by atoms with Gasteiger partial charge in [0.05, 0.1) is 17.9 Å². The third-order valence-corrected chi connectivity index (χ3v) is 5.82. The molecule has 0 unspecified atom stereocenters. The number of thioether (sulfide) groups is 1. The molecule has 0 aliphatic rings. The first-order chi connectivity index (χ1) is 15.5. The van der Waals surface area contributed by atoms with Gasteiger partial charge >= 0.3 is 0 Å². The van der Waals surface area contributed by atoms with Gasteiger partial charge in [0.2, 0.25) is 0 Å². The molecule has 33 heavy (non-hydrogen) atoms. The van der Waals surface area contributed by atoms with Crippen molar-refractivity contribution >= 4 is 57.6 Å². The topological polar surface area (TPSA) is 88.4 Å². The molecule has 0 saturated heterocycles. The van der Waals surface area contributed by atoms with E-state index in [0.717, 1.165) is 41.5 Å². The van der Waals surface area contributed by atoms with Gasteiger partial charge in [-0.25, -0.2) is 4.98 Å². The minimum absolute atomic E-state index is 0. The molecule has 0 radical (unpaired) electrons. The van der Waals surface area contributed by atoms with E-state index in [9.17, 15) is 4.79 Å². The standard InChI is InChI=1S/C23H32N6O2S.HI/c1-7-11-17-19-20(28(5)27-17)22(30)26-21(25-19)16-14-15(12-13-18(16)31-10-4)29(9-3)23(32-6)24-8-2;/h12-14H,7-11H2,1-6H3,(H,25,26,30);1H. The van der Waals surface area contributed by atoms with E-state index in [2.05, 4.69) is 33.8 Å². The highest BCUT2D eigenvalue weighted by Crippen LogP contribution is 2.33. The summed E-state index contributed by atoms with van der Waals surface area (Å²) in [5.41, 5.74) is 3.47.